The summed E-state index contributed by atoms with van der Waals surface area (Å²) in [7, 11) is -1.72. The quantitative estimate of drug-likeness (QED) is 0.211. The zero-order valence-electron chi connectivity index (χ0n) is 38.9. The van der Waals surface area contributed by atoms with Gasteiger partial charge in [0.2, 0.25) is 5.88 Å². The summed E-state index contributed by atoms with van der Waals surface area (Å²) in [5, 5.41) is 18.5. The first kappa shape index (κ1) is 48.0. The number of nitrogens with zero attached hydrogens (tertiary/aromatic N) is 3. The summed E-state index contributed by atoms with van der Waals surface area (Å²) in [5.41, 5.74) is 1.64. The number of rotatable bonds is 11. The molecule has 9 atom stereocenters. The van der Waals surface area contributed by atoms with Crippen LogP contribution in [0.5, 0.6) is 5.88 Å². The molecule has 0 aromatic carbocycles. The van der Waals surface area contributed by atoms with Crippen molar-refractivity contribution in [2.24, 2.45) is 58.3 Å². The van der Waals surface area contributed by atoms with Crippen molar-refractivity contribution >= 4 is 15.8 Å². The minimum Gasteiger partial charge on any atom is -0.481 e. The van der Waals surface area contributed by atoms with Crippen LogP contribution in [0, 0.1) is 51.2 Å². The van der Waals surface area contributed by atoms with Crippen LogP contribution in [0.2, 0.25) is 0 Å². The van der Waals surface area contributed by atoms with E-state index in [0.717, 1.165) is 75.2 Å². The molecule has 1 aromatic rings. The van der Waals surface area contributed by atoms with E-state index >= 15 is 0 Å². The van der Waals surface area contributed by atoms with E-state index in [1.54, 1.807) is 0 Å². The molecule has 6 aliphatic rings. The number of halogens is 3. The third-order valence-electron chi connectivity index (χ3n) is 18.0. The Labute approximate surface area is 375 Å². The Kier molecular flexibility index (Phi) is 13.5. The van der Waals surface area contributed by atoms with Crippen LogP contribution in [0.3, 0.4) is 0 Å². The molecular weight excluding hydrogens is 826 g/mol. The minimum atomic E-state index is -4.59. The molecule has 1 aromatic heterocycles. The molecule has 13 heteroatoms. The van der Waals surface area contributed by atoms with Crippen molar-refractivity contribution in [2.45, 2.75) is 136 Å². The summed E-state index contributed by atoms with van der Waals surface area (Å²) < 4.78 is 71.0. The van der Waals surface area contributed by atoms with Crippen molar-refractivity contribution in [3.8, 4) is 5.88 Å². The lowest BCUT2D eigenvalue weighted by Gasteiger charge is -2.54. The lowest BCUT2D eigenvalue weighted by molar-refractivity contribution is -0.151. The van der Waals surface area contributed by atoms with Crippen LogP contribution in [0.1, 0.15) is 130 Å². The van der Waals surface area contributed by atoms with Gasteiger partial charge in [0.25, 0.3) is 0 Å². The molecule has 2 N–H and O–H groups in total. The summed E-state index contributed by atoms with van der Waals surface area (Å²) in [5.74, 6) is 1.56. The summed E-state index contributed by atoms with van der Waals surface area (Å²) >= 11 is 0. The SMILES string of the molecule is C=C[C@@H]1CC[C@@]2(NCCN3CCS(=O)(=O)CC3)CC[C@@H](C(=C)C)C2CCCC2C[C@@]1(C)CCC1C(C)(C)C(C3=CCC(COc4cc(C(F)(F)F)n(C)n4)(C(=O)O)CC3)=CC[C@]21C. The number of carbonyl (C=O) groups is 1. The van der Waals surface area contributed by atoms with Crippen molar-refractivity contribution in [1.82, 2.24) is 20.0 Å². The molecule has 63 heavy (non-hydrogen) atoms. The van der Waals surface area contributed by atoms with Crippen LogP contribution in [0.25, 0.3) is 0 Å². The molecular formula is C50H75F3N4O5S. The average Bonchev–Trinajstić information content (AvgIpc) is 3.73. The number of aliphatic carboxylic acids is 1. The van der Waals surface area contributed by atoms with Gasteiger partial charge in [-0.05, 0) is 147 Å². The molecule has 5 aliphatic carbocycles. The summed E-state index contributed by atoms with van der Waals surface area (Å²) in [4.78, 5) is 15.1. The van der Waals surface area contributed by atoms with E-state index in [1.807, 2.05) is 0 Å². The molecule has 3 saturated carbocycles. The predicted molar refractivity (Wildman–Crippen MR) is 243 cm³/mol. The maximum Gasteiger partial charge on any atom is 0.433 e. The lowest BCUT2D eigenvalue weighted by Crippen LogP contribution is -2.53. The molecule has 0 spiro atoms. The van der Waals surface area contributed by atoms with Crippen LogP contribution >= 0.6 is 0 Å². The number of alkyl halides is 3. The van der Waals surface area contributed by atoms with Gasteiger partial charge in [-0.2, -0.15) is 13.2 Å². The number of ether oxygens (including phenoxy) is 1. The summed E-state index contributed by atoms with van der Waals surface area (Å²) in [6, 6.07) is 0.830. The Hall–Kier alpha value is -2.90. The second-order valence-corrected chi connectivity index (χ2v) is 24.3. The largest absolute Gasteiger partial charge is 0.481 e. The van der Waals surface area contributed by atoms with Crippen molar-refractivity contribution in [1.29, 1.82) is 0 Å². The fourth-order valence-corrected chi connectivity index (χ4v) is 15.4. The maximum absolute atomic E-state index is 13.4. The zero-order chi connectivity index (χ0) is 45.8. The first-order chi connectivity index (χ1) is 29.5. The first-order valence-electron chi connectivity index (χ1n) is 23.8. The van der Waals surface area contributed by atoms with E-state index in [1.165, 1.54) is 43.0 Å². The molecule has 2 bridgehead atoms. The molecule has 0 amide bonds. The maximum atomic E-state index is 13.4. The molecule has 4 unspecified atom stereocenters. The van der Waals surface area contributed by atoms with Gasteiger partial charge >= 0.3 is 12.1 Å². The van der Waals surface area contributed by atoms with Gasteiger partial charge in [-0.25, -0.2) is 8.42 Å². The van der Waals surface area contributed by atoms with Gasteiger partial charge in [-0.1, -0.05) is 64.5 Å². The van der Waals surface area contributed by atoms with E-state index in [2.05, 4.69) is 81.3 Å². The van der Waals surface area contributed by atoms with E-state index in [-0.39, 0.29) is 52.2 Å². The number of aryl methyl sites for hydroxylation is 1. The monoisotopic (exact) mass is 901 g/mol. The van der Waals surface area contributed by atoms with E-state index in [9.17, 15) is 31.5 Å². The Morgan fingerprint density at radius 1 is 1.03 bits per heavy atom. The average molecular weight is 901 g/mol. The van der Waals surface area contributed by atoms with Crippen LogP contribution in [0.15, 0.2) is 54.2 Å². The van der Waals surface area contributed by atoms with E-state index in [0.29, 0.717) is 55.5 Å². The minimum absolute atomic E-state index is 0.0155. The Bertz CT molecular complexity index is 2060. The molecule has 0 radical (unpaired) electrons. The highest BCUT2D eigenvalue weighted by Gasteiger charge is 2.57. The van der Waals surface area contributed by atoms with Crippen LogP contribution in [-0.2, 0) is 27.9 Å². The van der Waals surface area contributed by atoms with Gasteiger partial charge in [-0.3, -0.25) is 9.48 Å². The third-order valence-corrected chi connectivity index (χ3v) is 19.6. The zero-order valence-corrected chi connectivity index (χ0v) is 39.7. The normalized spacial score (nSPS) is 37.3. The molecule has 9 nitrogen and oxygen atoms in total. The molecule has 2 heterocycles. The molecule has 7 rings (SSSR count). The molecule has 1 aliphatic heterocycles. The van der Waals surface area contributed by atoms with E-state index < -0.39 is 33.1 Å². The predicted octanol–water partition coefficient (Wildman–Crippen LogP) is 10.2. The fourth-order valence-electron chi connectivity index (χ4n) is 14.1. The highest BCUT2D eigenvalue weighted by molar-refractivity contribution is 7.91. The Morgan fingerprint density at radius 3 is 2.37 bits per heavy atom. The topological polar surface area (TPSA) is 114 Å². The number of carboxylic acid groups (broad SMARTS) is 1. The number of sulfone groups is 1. The fraction of sp³-hybridized carbons (Fsp3) is 0.760. The van der Waals surface area contributed by atoms with E-state index in [4.69, 9.17) is 4.74 Å². The molecule has 4 fully saturated rings. The summed E-state index contributed by atoms with van der Waals surface area (Å²) in [6.45, 7) is 23.9. The van der Waals surface area contributed by atoms with Crippen molar-refractivity contribution in [3.63, 3.8) is 0 Å². The smallest absolute Gasteiger partial charge is 0.433 e. The first-order valence-corrected chi connectivity index (χ1v) is 25.6. The molecule has 352 valence electrons. The Balaban J connectivity index is 1.11. The number of allylic oxidation sites excluding steroid dienone is 6. The highest BCUT2D eigenvalue weighted by Crippen LogP contribution is 2.65. The second-order valence-electron chi connectivity index (χ2n) is 22.0. The van der Waals surface area contributed by atoms with Gasteiger partial charge < -0.3 is 20.1 Å². The second kappa shape index (κ2) is 17.7. The Morgan fingerprint density at radius 2 is 1.75 bits per heavy atom. The number of hydrogen-bond donors (Lipinski definition) is 2. The van der Waals surface area contributed by atoms with Gasteiger partial charge in [0.1, 0.15) is 17.7 Å². The number of aromatic nitrogens is 2. The van der Waals surface area contributed by atoms with Crippen LogP contribution in [0.4, 0.5) is 13.2 Å². The van der Waals surface area contributed by atoms with Crippen LogP contribution < -0.4 is 10.1 Å². The third kappa shape index (κ3) is 9.41. The van der Waals surface area contributed by atoms with Gasteiger partial charge in [-0.15, -0.1) is 11.7 Å². The number of carboxylic acids is 1. The number of nitrogens with one attached hydrogen (secondary N) is 1. The van der Waals surface area contributed by atoms with Crippen LogP contribution in [-0.4, -0.2) is 84.0 Å². The van der Waals surface area contributed by atoms with Crippen molar-refractivity contribution < 1.29 is 36.2 Å². The standard InChI is InChI=1S/C50H75F3N4O5S/c1-9-36-15-23-49(54-25-26-57-27-29-63(60,61)30-28-57)24-16-38(34(2)3)40(49)12-10-11-37-32-46(36,6)19-18-41-45(4,5)39(17-20-47(37,41)7)35-13-21-48(22-14-35,44(58)59)33-62-43-31-42(50(51,52)53)56(8)55-43/h9,13,17,31,36-38,40-41,54H,1-2,10-12,14-16,18-30,32-33H2,3-8H3,(H,58,59)/t36-,37?,38+,40?,41?,46-,47-,48?,49-/m1/s1. The highest BCUT2D eigenvalue weighted by atomic mass is 32.2. The van der Waals surface area contributed by atoms with Gasteiger partial charge in [0.05, 0.1) is 11.5 Å². The van der Waals surface area contributed by atoms with Gasteiger partial charge in [0, 0.05) is 44.8 Å². The van der Waals surface area contributed by atoms with Crippen molar-refractivity contribution in [2.75, 3.05) is 44.3 Å². The van der Waals surface area contributed by atoms with Gasteiger partial charge in [0.15, 0.2) is 9.84 Å². The number of fused-ring (bicyclic) bond motifs is 5. The lowest BCUT2D eigenvalue weighted by atomic mass is 9.50. The summed E-state index contributed by atoms with van der Waals surface area (Å²) in [6.07, 6.45) is 15.7. The molecule has 1 saturated heterocycles. The van der Waals surface area contributed by atoms with Crippen molar-refractivity contribution in [3.05, 3.63) is 59.9 Å². The number of hydrogen-bond acceptors (Lipinski definition) is 7.